The SMILES string of the molecule is CC(C)=CCC/C(C)=C/COB1OCCCO1. The molecule has 1 fully saturated rings. The van der Waals surface area contributed by atoms with Gasteiger partial charge in [-0.3, -0.25) is 0 Å². The predicted molar refractivity (Wildman–Crippen MR) is 70.6 cm³/mol. The Balaban J connectivity index is 2.12. The molecule has 0 bridgehead atoms. The lowest BCUT2D eigenvalue weighted by Gasteiger charge is -2.18. The van der Waals surface area contributed by atoms with Gasteiger partial charge in [-0.05, 0) is 40.0 Å². The molecule has 1 aliphatic rings. The van der Waals surface area contributed by atoms with Crippen molar-refractivity contribution in [3.63, 3.8) is 0 Å². The average Bonchev–Trinajstić information content (AvgIpc) is 2.30. The summed E-state index contributed by atoms with van der Waals surface area (Å²) in [7, 11) is -0.467. The third-order valence-electron chi connectivity index (χ3n) is 2.55. The van der Waals surface area contributed by atoms with Gasteiger partial charge in [-0.1, -0.05) is 23.3 Å². The molecule has 0 amide bonds. The monoisotopic (exact) mass is 238 g/mol. The molecule has 1 aliphatic heterocycles. The smallest absolute Gasteiger partial charge is 0.386 e. The van der Waals surface area contributed by atoms with Crippen molar-refractivity contribution >= 4 is 7.32 Å². The Morgan fingerprint density at radius 1 is 1.18 bits per heavy atom. The van der Waals surface area contributed by atoms with Gasteiger partial charge in [-0.25, -0.2) is 0 Å². The minimum Gasteiger partial charge on any atom is -0.386 e. The summed E-state index contributed by atoms with van der Waals surface area (Å²) in [6.45, 7) is 8.40. The minimum atomic E-state index is -0.467. The van der Waals surface area contributed by atoms with Crippen LogP contribution in [-0.4, -0.2) is 27.1 Å². The summed E-state index contributed by atoms with van der Waals surface area (Å²) in [6, 6.07) is 0. The third kappa shape index (κ3) is 7.37. The van der Waals surface area contributed by atoms with Crippen molar-refractivity contribution in [3.05, 3.63) is 23.3 Å². The fraction of sp³-hybridized carbons (Fsp3) is 0.692. The van der Waals surface area contributed by atoms with Crippen LogP contribution in [0.4, 0.5) is 0 Å². The first-order valence-corrected chi connectivity index (χ1v) is 6.32. The molecule has 0 aromatic heterocycles. The summed E-state index contributed by atoms with van der Waals surface area (Å²) in [6.07, 6.45) is 7.49. The van der Waals surface area contributed by atoms with E-state index in [4.69, 9.17) is 14.0 Å². The molecule has 0 saturated carbocycles. The Morgan fingerprint density at radius 3 is 2.53 bits per heavy atom. The Kier molecular flexibility index (Phi) is 7.25. The van der Waals surface area contributed by atoms with Crippen LogP contribution in [0.2, 0.25) is 0 Å². The van der Waals surface area contributed by atoms with E-state index >= 15 is 0 Å². The second-order valence-electron chi connectivity index (χ2n) is 4.59. The number of hydrogen-bond donors (Lipinski definition) is 0. The van der Waals surface area contributed by atoms with Gasteiger partial charge in [-0.15, -0.1) is 0 Å². The second-order valence-corrected chi connectivity index (χ2v) is 4.59. The zero-order valence-electron chi connectivity index (χ0n) is 11.2. The summed E-state index contributed by atoms with van der Waals surface area (Å²) in [4.78, 5) is 0. The van der Waals surface area contributed by atoms with Crippen molar-refractivity contribution in [2.75, 3.05) is 19.8 Å². The molecule has 1 saturated heterocycles. The van der Waals surface area contributed by atoms with Crippen LogP contribution in [0.15, 0.2) is 23.3 Å². The zero-order chi connectivity index (χ0) is 12.5. The van der Waals surface area contributed by atoms with Crippen LogP contribution >= 0.6 is 0 Å². The van der Waals surface area contributed by atoms with Crippen LogP contribution in [0.25, 0.3) is 0 Å². The van der Waals surface area contributed by atoms with E-state index in [2.05, 4.69) is 32.9 Å². The normalized spacial score (nSPS) is 17.1. The van der Waals surface area contributed by atoms with Crippen LogP contribution < -0.4 is 0 Å². The molecule has 1 heterocycles. The van der Waals surface area contributed by atoms with Gasteiger partial charge in [0.25, 0.3) is 0 Å². The van der Waals surface area contributed by atoms with Gasteiger partial charge in [0.05, 0.1) is 6.61 Å². The van der Waals surface area contributed by atoms with Crippen molar-refractivity contribution in [2.24, 2.45) is 0 Å². The molecule has 17 heavy (non-hydrogen) atoms. The first-order chi connectivity index (χ1) is 8.18. The van der Waals surface area contributed by atoms with Crippen LogP contribution in [-0.2, 0) is 14.0 Å². The molecule has 1 rings (SSSR count). The molecule has 0 N–H and O–H groups in total. The highest BCUT2D eigenvalue weighted by Crippen LogP contribution is 2.07. The van der Waals surface area contributed by atoms with Crippen molar-refractivity contribution < 1.29 is 14.0 Å². The minimum absolute atomic E-state index is 0.467. The molecular formula is C13H23BO3. The van der Waals surface area contributed by atoms with Crippen LogP contribution in [0.1, 0.15) is 40.0 Å². The molecule has 0 aromatic rings. The maximum absolute atomic E-state index is 5.44. The van der Waals surface area contributed by atoms with Crippen molar-refractivity contribution in [1.29, 1.82) is 0 Å². The second kappa shape index (κ2) is 8.51. The molecular weight excluding hydrogens is 215 g/mol. The summed E-state index contributed by atoms with van der Waals surface area (Å²) in [5.74, 6) is 0. The van der Waals surface area contributed by atoms with E-state index in [-0.39, 0.29) is 0 Å². The van der Waals surface area contributed by atoms with Crippen molar-refractivity contribution in [1.82, 2.24) is 0 Å². The summed E-state index contributed by atoms with van der Waals surface area (Å²) >= 11 is 0. The van der Waals surface area contributed by atoms with Crippen LogP contribution in [0.3, 0.4) is 0 Å². The molecule has 4 heteroatoms. The van der Waals surface area contributed by atoms with E-state index in [1.165, 1.54) is 11.1 Å². The highest BCUT2D eigenvalue weighted by Gasteiger charge is 2.23. The summed E-state index contributed by atoms with van der Waals surface area (Å²) in [5.41, 5.74) is 2.72. The number of rotatable bonds is 6. The third-order valence-corrected chi connectivity index (χ3v) is 2.55. The van der Waals surface area contributed by atoms with Gasteiger partial charge in [0, 0.05) is 13.2 Å². The van der Waals surface area contributed by atoms with E-state index in [0.29, 0.717) is 6.61 Å². The average molecular weight is 238 g/mol. The number of hydrogen-bond acceptors (Lipinski definition) is 3. The van der Waals surface area contributed by atoms with E-state index < -0.39 is 7.32 Å². The van der Waals surface area contributed by atoms with Gasteiger partial charge in [0.2, 0.25) is 0 Å². The standard InChI is InChI=1S/C13H23BO3/c1-12(2)6-4-7-13(3)8-11-17-14-15-9-5-10-16-14/h6,8H,4-5,7,9-11H2,1-3H3/b13-8+. The highest BCUT2D eigenvalue weighted by atomic mass is 16.7. The topological polar surface area (TPSA) is 27.7 Å². The van der Waals surface area contributed by atoms with E-state index in [0.717, 1.165) is 32.5 Å². The van der Waals surface area contributed by atoms with Gasteiger partial charge >= 0.3 is 7.32 Å². The fourth-order valence-electron chi connectivity index (χ4n) is 1.52. The molecule has 0 aromatic carbocycles. The van der Waals surface area contributed by atoms with Crippen LogP contribution in [0.5, 0.6) is 0 Å². The summed E-state index contributed by atoms with van der Waals surface area (Å²) in [5, 5.41) is 0. The van der Waals surface area contributed by atoms with Gasteiger partial charge < -0.3 is 14.0 Å². The molecule has 0 atom stereocenters. The maximum Gasteiger partial charge on any atom is 0.639 e. The maximum atomic E-state index is 5.44. The lowest BCUT2D eigenvalue weighted by Crippen LogP contribution is -2.32. The Morgan fingerprint density at radius 2 is 1.88 bits per heavy atom. The van der Waals surface area contributed by atoms with E-state index in [1.54, 1.807) is 0 Å². The molecule has 0 spiro atoms. The zero-order valence-corrected chi connectivity index (χ0v) is 11.2. The van der Waals surface area contributed by atoms with Crippen molar-refractivity contribution in [3.8, 4) is 0 Å². The van der Waals surface area contributed by atoms with Gasteiger partial charge in [0.15, 0.2) is 0 Å². The molecule has 0 unspecified atom stereocenters. The summed E-state index contributed by atoms with van der Waals surface area (Å²) < 4.78 is 16.0. The molecule has 3 nitrogen and oxygen atoms in total. The first kappa shape index (κ1) is 14.5. The fourth-order valence-corrected chi connectivity index (χ4v) is 1.52. The van der Waals surface area contributed by atoms with Gasteiger partial charge in [-0.2, -0.15) is 0 Å². The first-order valence-electron chi connectivity index (χ1n) is 6.32. The Bertz CT molecular complexity index is 264. The number of allylic oxidation sites excluding steroid dienone is 3. The van der Waals surface area contributed by atoms with Crippen LogP contribution in [0, 0.1) is 0 Å². The quantitative estimate of drug-likeness (QED) is 0.525. The van der Waals surface area contributed by atoms with Gasteiger partial charge in [0.1, 0.15) is 0 Å². The van der Waals surface area contributed by atoms with Crippen molar-refractivity contribution in [2.45, 2.75) is 40.0 Å². The molecule has 0 aliphatic carbocycles. The Labute approximate surface area is 105 Å². The predicted octanol–water partition coefficient (Wildman–Crippen LogP) is 3.12. The highest BCUT2D eigenvalue weighted by molar-refractivity contribution is 6.36. The Hall–Kier alpha value is -0.575. The lowest BCUT2D eigenvalue weighted by atomic mass is 10.1. The molecule has 0 radical (unpaired) electrons. The van der Waals surface area contributed by atoms with E-state index in [9.17, 15) is 0 Å². The lowest BCUT2D eigenvalue weighted by molar-refractivity contribution is 0.0596. The van der Waals surface area contributed by atoms with E-state index in [1.807, 2.05) is 0 Å². The molecule has 96 valence electrons. The largest absolute Gasteiger partial charge is 0.639 e.